The predicted octanol–water partition coefficient (Wildman–Crippen LogP) is 6.37. The zero-order valence-corrected chi connectivity index (χ0v) is 22.0. The van der Waals surface area contributed by atoms with E-state index in [-0.39, 0.29) is 12.5 Å². The first-order chi connectivity index (χ1) is 17.0. The van der Waals surface area contributed by atoms with Crippen molar-refractivity contribution in [1.82, 2.24) is 14.9 Å². The Kier molecular flexibility index (Phi) is 8.59. The van der Waals surface area contributed by atoms with Crippen molar-refractivity contribution in [1.29, 1.82) is 0 Å². The average Bonchev–Trinajstić information content (AvgIpc) is 3.19. The Morgan fingerprint density at radius 3 is 2.71 bits per heavy atom. The standard InChI is InChI=1S/C29H32BrN3O2/c1-21-14-15-22(2)27(17-21)35-20-29(34)31-16-7-3-4-13-28-32-25-11-5-6-12-26(25)33(28)19-23-9-8-10-24(30)18-23/h5-6,8-12,14-15,17-18H,3-4,7,13,16,19-20H2,1-2H3,(H,31,34). The molecule has 182 valence electrons. The number of halogens is 1. The first-order valence-corrected chi connectivity index (χ1v) is 12.9. The monoisotopic (exact) mass is 533 g/mol. The van der Waals surface area contributed by atoms with Crippen molar-refractivity contribution in [2.24, 2.45) is 0 Å². The number of imidazole rings is 1. The van der Waals surface area contributed by atoms with Crippen LogP contribution in [0.25, 0.3) is 11.0 Å². The van der Waals surface area contributed by atoms with Crippen LogP contribution in [0.3, 0.4) is 0 Å². The van der Waals surface area contributed by atoms with Crippen LogP contribution in [0.2, 0.25) is 0 Å². The van der Waals surface area contributed by atoms with Gasteiger partial charge in [0.05, 0.1) is 11.0 Å². The Bertz CT molecular complexity index is 1300. The largest absolute Gasteiger partial charge is 0.483 e. The number of unbranched alkanes of at least 4 members (excludes halogenated alkanes) is 2. The molecule has 0 aliphatic heterocycles. The molecular formula is C29H32BrN3O2. The SMILES string of the molecule is Cc1ccc(C)c(OCC(=O)NCCCCCc2nc3ccccc3n2Cc2cccc(Br)c2)c1. The number of amides is 1. The molecule has 0 atom stereocenters. The van der Waals surface area contributed by atoms with Crippen LogP contribution in [-0.4, -0.2) is 28.6 Å². The fraction of sp³-hybridized carbons (Fsp3) is 0.310. The number of hydrogen-bond donors (Lipinski definition) is 1. The molecule has 0 spiro atoms. The fourth-order valence-electron chi connectivity index (χ4n) is 4.18. The van der Waals surface area contributed by atoms with Crippen LogP contribution >= 0.6 is 15.9 Å². The highest BCUT2D eigenvalue weighted by Gasteiger charge is 2.11. The van der Waals surface area contributed by atoms with Gasteiger partial charge in [-0.3, -0.25) is 4.79 Å². The van der Waals surface area contributed by atoms with Gasteiger partial charge in [-0.25, -0.2) is 4.98 Å². The number of ether oxygens (including phenoxy) is 1. The number of nitrogens with zero attached hydrogens (tertiary/aromatic N) is 2. The number of aryl methyl sites for hydroxylation is 3. The number of para-hydroxylation sites is 2. The van der Waals surface area contributed by atoms with E-state index >= 15 is 0 Å². The lowest BCUT2D eigenvalue weighted by Crippen LogP contribution is -2.29. The van der Waals surface area contributed by atoms with E-state index in [1.165, 1.54) is 11.1 Å². The Morgan fingerprint density at radius 1 is 1.00 bits per heavy atom. The second-order valence-electron chi connectivity index (χ2n) is 8.95. The van der Waals surface area contributed by atoms with Crippen molar-refractivity contribution < 1.29 is 9.53 Å². The number of aromatic nitrogens is 2. The third-order valence-corrected chi connectivity index (χ3v) is 6.56. The van der Waals surface area contributed by atoms with Gasteiger partial charge in [-0.1, -0.05) is 58.7 Å². The molecule has 0 radical (unpaired) electrons. The normalized spacial score (nSPS) is 11.1. The van der Waals surface area contributed by atoms with Gasteiger partial charge in [0.15, 0.2) is 6.61 Å². The van der Waals surface area contributed by atoms with Crippen LogP contribution in [0.1, 0.15) is 41.8 Å². The lowest BCUT2D eigenvalue weighted by molar-refractivity contribution is -0.123. The predicted molar refractivity (Wildman–Crippen MR) is 145 cm³/mol. The Balaban J connectivity index is 1.24. The minimum atomic E-state index is -0.0817. The Labute approximate surface area is 215 Å². The van der Waals surface area contributed by atoms with Gasteiger partial charge in [-0.15, -0.1) is 0 Å². The molecule has 1 N–H and O–H groups in total. The van der Waals surface area contributed by atoms with Crippen LogP contribution in [0.4, 0.5) is 0 Å². The molecule has 4 rings (SSSR count). The molecule has 0 aliphatic carbocycles. The molecule has 5 nitrogen and oxygen atoms in total. The number of fused-ring (bicyclic) bond motifs is 1. The summed E-state index contributed by atoms with van der Waals surface area (Å²) in [6.07, 6.45) is 3.89. The Hall–Kier alpha value is -3.12. The number of carbonyl (C=O) groups excluding carboxylic acids is 1. The summed E-state index contributed by atoms with van der Waals surface area (Å²) < 4.78 is 9.10. The van der Waals surface area contributed by atoms with E-state index in [1.54, 1.807) is 0 Å². The summed E-state index contributed by atoms with van der Waals surface area (Å²) in [5.74, 6) is 1.80. The summed E-state index contributed by atoms with van der Waals surface area (Å²) in [6.45, 7) is 5.50. The van der Waals surface area contributed by atoms with Gasteiger partial charge in [-0.2, -0.15) is 0 Å². The van der Waals surface area contributed by atoms with Gasteiger partial charge in [-0.05, 0) is 73.7 Å². The summed E-state index contributed by atoms with van der Waals surface area (Å²) >= 11 is 3.58. The van der Waals surface area contributed by atoms with Gasteiger partial charge in [0, 0.05) is 24.0 Å². The van der Waals surface area contributed by atoms with Gasteiger partial charge in [0.2, 0.25) is 0 Å². The third kappa shape index (κ3) is 6.95. The summed E-state index contributed by atoms with van der Waals surface area (Å²) in [5, 5.41) is 2.97. The smallest absolute Gasteiger partial charge is 0.257 e. The van der Waals surface area contributed by atoms with Crippen LogP contribution in [0.15, 0.2) is 71.2 Å². The van der Waals surface area contributed by atoms with Crippen LogP contribution < -0.4 is 10.1 Å². The zero-order chi connectivity index (χ0) is 24.6. The maximum atomic E-state index is 12.2. The van der Waals surface area contributed by atoms with E-state index < -0.39 is 0 Å². The van der Waals surface area contributed by atoms with E-state index in [9.17, 15) is 4.79 Å². The van der Waals surface area contributed by atoms with E-state index in [2.05, 4.69) is 62.2 Å². The highest BCUT2D eigenvalue weighted by Crippen LogP contribution is 2.21. The quantitative estimate of drug-likeness (QED) is 0.228. The van der Waals surface area contributed by atoms with E-state index in [4.69, 9.17) is 9.72 Å². The van der Waals surface area contributed by atoms with Crippen molar-refractivity contribution in [2.45, 2.75) is 46.1 Å². The van der Waals surface area contributed by atoms with Crippen molar-refractivity contribution in [2.75, 3.05) is 13.2 Å². The molecule has 4 aromatic rings. The van der Waals surface area contributed by atoms with Gasteiger partial charge in [0.25, 0.3) is 5.91 Å². The minimum absolute atomic E-state index is 0.0456. The second kappa shape index (κ2) is 12.0. The van der Waals surface area contributed by atoms with Gasteiger partial charge < -0.3 is 14.6 Å². The molecule has 0 saturated heterocycles. The molecule has 0 aliphatic rings. The molecular weight excluding hydrogens is 502 g/mol. The minimum Gasteiger partial charge on any atom is -0.483 e. The molecule has 0 bridgehead atoms. The molecule has 3 aromatic carbocycles. The molecule has 1 aromatic heterocycles. The highest BCUT2D eigenvalue weighted by atomic mass is 79.9. The topological polar surface area (TPSA) is 56.1 Å². The lowest BCUT2D eigenvalue weighted by atomic mass is 10.1. The zero-order valence-electron chi connectivity index (χ0n) is 20.4. The van der Waals surface area contributed by atoms with Gasteiger partial charge >= 0.3 is 0 Å². The lowest BCUT2D eigenvalue weighted by Gasteiger charge is -2.11. The third-order valence-electron chi connectivity index (χ3n) is 6.07. The first-order valence-electron chi connectivity index (χ1n) is 12.1. The summed E-state index contributed by atoms with van der Waals surface area (Å²) in [4.78, 5) is 17.1. The molecule has 1 heterocycles. The van der Waals surface area contributed by atoms with Crippen LogP contribution in [-0.2, 0) is 17.8 Å². The van der Waals surface area contributed by atoms with Crippen LogP contribution in [0, 0.1) is 13.8 Å². The van der Waals surface area contributed by atoms with E-state index in [0.29, 0.717) is 6.54 Å². The Morgan fingerprint density at radius 2 is 1.86 bits per heavy atom. The molecule has 0 saturated carbocycles. The van der Waals surface area contributed by atoms with Crippen molar-refractivity contribution in [3.05, 3.63) is 93.7 Å². The molecule has 0 unspecified atom stereocenters. The van der Waals surface area contributed by atoms with E-state index in [0.717, 1.165) is 64.9 Å². The van der Waals surface area contributed by atoms with Crippen LogP contribution in [0.5, 0.6) is 5.75 Å². The van der Waals surface area contributed by atoms with Crippen molar-refractivity contribution in [3.63, 3.8) is 0 Å². The number of rotatable bonds is 11. The van der Waals surface area contributed by atoms with Crippen molar-refractivity contribution in [3.8, 4) is 5.75 Å². The first kappa shape index (κ1) is 25.0. The molecule has 1 amide bonds. The number of benzene rings is 3. The van der Waals surface area contributed by atoms with E-state index in [1.807, 2.05) is 44.2 Å². The fourth-order valence-corrected chi connectivity index (χ4v) is 4.63. The summed E-state index contributed by atoms with van der Waals surface area (Å²) in [6, 6.07) is 22.8. The van der Waals surface area contributed by atoms with Gasteiger partial charge in [0.1, 0.15) is 11.6 Å². The summed E-state index contributed by atoms with van der Waals surface area (Å²) in [7, 11) is 0. The number of hydrogen-bond acceptors (Lipinski definition) is 3. The molecule has 0 fully saturated rings. The maximum Gasteiger partial charge on any atom is 0.257 e. The maximum absolute atomic E-state index is 12.2. The van der Waals surface area contributed by atoms with Crippen molar-refractivity contribution >= 4 is 32.9 Å². The second-order valence-corrected chi connectivity index (χ2v) is 9.87. The molecule has 35 heavy (non-hydrogen) atoms. The average molecular weight is 534 g/mol. The highest BCUT2D eigenvalue weighted by molar-refractivity contribution is 9.10. The number of carbonyl (C=O) groups is 1. The molecule has 6 heteroatoms. The number of nitrogens with one attached hydrogen (secondary N) is 1. The summed E-state index contributed by atoms with van der Waals surface area (Å²) in [5.41, 5.74) is 5.60.